The van der Waals surface area contributed by atoms with Gasteiger partial charge >= 0.3 is 0 Å². The van der Waals surface area contributed by atoms with Crippen LogP contribution in [0.15, 0.2) is 0 Å². The third-order valence-electron chi connectivity index (χ3n) is 3.20. The molecule has 0 bridgehead atoms. The Balaban J connectivity index is 2.30. The molecule has 0 aromatic rings. The lowest BCUT2D eigenvalue weighted by atomic mass is 10.0. The van der Waals surface area contributed by atoms with Crippen LogP contribution in [-0.2, 0) is 4.79 Å². The lowest BCUT2D eigenvalue weighted by Gasteiger charge is -2.21. The van der Waals surface area contributed by atoms with Crippen LogP contribution in [0, 0.1) is 5.92 Å². The summed E-state index contributed by atoms with van der Waals surface area (Å²) in [4.78, 5) is 11.7. The van der Waals surface area contributed by atoms with Crippen molar-refractivity contribution in [2.45, 2.75) is 65.0 Å². The number of carbonyl (C=O) groups is 1. The Bertz CT molecular complexity index is 216. The van der Waals surface area contributed by atoms with Gasteiger partial charge in [-0.25, -0.2) is 0 Å². The van der Waals surface area contributed by atoms with Crippen LogP contribution in [-0.4, -0.2) is 24.5 Å². The smallest absolute Gasteiger partial charge is 0.237 e. The molecule has 0 saturated carbocycles. The standard InChI is InChI=1S/C13H26N2O/c1-10(2)7-8-11(3)15-12-6-4-5-9-14-13(12)16/h10-12,15H,4-9H2,1-3H3,(H,14,16). The van der Waals surface area contributed by atoms with Gasteiger partial charge in [0, 0.05) is 12.6 Å². The van der Waals surface area contributed by atoms with Crippen molar-refractivity contribution in [3.63, 3.8) is 0 Å². The van der Waals surface area contributed by atoms with E-state index in [-0.39, 0.29) is 11.9 Å². The highest BCUT2D eigenvalue weighted by molar-refractivity contribution is 5.81. The van der Waals surface area contributed by atoms with Crippen molar-refractivity contribution in [3.05, 3.63) is 0 Å². The molecule has 1 aliphatic rings. The molecule has 2 atom stereocenters. The molecule has 3 heteroatoms. The van der Waals surface area contributed by atoms with Gasteiger partial charge in [-0.1, -0.05) is 13.8 Å². The van der Waals surface area contributed by atoms with Gasteiger partial charge in [-0.2, -0.15) is 0 Å². The molecule has 1 amide bonds. The van der Waals surface area contributed by atoms with Crippen LogP contribution in [0.1, 0.15) is 52.9 Å². The maximum absolute atomic E-state index is 11.7. The maximum Gasteiger partial charge on any atom is 0.237 e. The van der Waals surface area contributed by atoms with E-state index < -0.39 is 0 Å². The summed E-state index contributed by atoms with van der Waals surface area (Å²) < 4.78 is 0. The van der Waals surface area contributed by atoms with Gasteiger partial charge in [-0.15, -0.1) is 0 Å². The van der Waals surface area contributed by atoms with E-state index >= 15 is 0 Å². The summed E-state index contributed by atoms with van der Waals surface area (Å²) >= 11 is 0. The Hall–Kier alpha value is -0.570. The predicted molar refractivity (Wildman–Crippen MR) is 67.3 cm³/mol. The number of carbonyl (C=O) groups excluding carboxylic acids is 1. The molecule has 1 saturated heterocycles. The van der Waals surface area contributed by atoms with Crippen molar-refractivity contribution in [2.75, 3.05) is 6.54 Å². The Morgan fingerprint density at radius 3 is 2.75 bits per heavy atom. The molecule has 1 aliphatic heterocycles. The molecule has 0 aromatic carbocycles. The summed E-state index contributed by atoms with van der Waals surface area (Å²) in [6, 6.07) is 0.473. The van der Waals surface area contributed by atoms with Gasteiger partial charge in [0.1, 0.15) is 0 Å². The second kappa shape index (κ2) is 6.89. The van der Waals surface area contributed by atoms with E-state index in [0.29, 0.717) is 6.04 Å². The highest BCUT2D eigenvalue weighted by Gasteiger charge is 2.21. The molecule has 94 valence electrons. The number of amides is 1. The van der Waals surface area contributed by atoms with Crippen molar-refractivity contribution in [1.82, 2.24) is 10.6 Å². The van der Waals surface area contributed by atoms with Crippen molar-refractivity contribution >= 4 is 5.91 Å². The third-order valence-corrected chi connectivity index (χ3v) is 3.20. The minimum atomic E-state index is 0.0321. The molecule has 0 aromatic heterocycles. The second-order valence-electron chi connectivity index (χ2n) is 5.38. The van der Waals surface area contributed by atoms with Gasteiger partial charge in [0.25, 0.3) is 0 Å². The van der Waals surface area contributed by atoms with E-state index in [1.807, 2.05) is 0 Å². The van der Waals surface area contributed by atoms with E-state index in [9.17, 15) is 4.79 Å². The highest BCUT2D eigenvalue weighted by atomic mass is 16.2. The third kappa shape index (κ3) is 4.97. The topological polar surface area (TPSA) is 41.1 Å². The molecule has 3 nitrogen and oxygen atoms in total. The summed E-state index contributed by atoms with van der Waals surface area (Å²) in [5, 5.41) is 6.42. The number of rotatable bonds is 5. The Morgan fingerprint density at radius 2 is 2.06 bits per heavy atom. The van der Waals surface area contributed by atoms with Gasteiger partial charge in [-0.05, 0) is 44.9 Å². The lowest BCUT2D eigenvalue weighted by Crippen LogP contribution is -2.46. The largest absolute Gasteiger partial charge is 0.355 e. The molecular formula is C13H26N2O. The quantitative estimate of drug-likeness (QED) is 0.753. The first-order valence-corrected chi connectivity index (χ1v) is 6.63. The SMILES string of the molecule is CC(C)CCC(C)NC1CCCCNC1=O. The van der Waals surface area contributed by atoms with E-state index in [4.69, 9.17) is 0 Å². The van der Waals surface area contributed by atoms with Gasteiger partial charge in [0.05, 0.1) is 6.04 Å². The average molecular weight is 226 g/mol. The minimum absolute atomic E-state index is 0.0321. The normalized spacial score (nSPS) is 24.0. The summed E-state index contributed by atoms with van der Waals surface area (Å²) in [6.07, 6.45) is 5.62. The van der Waals surface area contributed by atoms with Crippen LogP contribution >= 0.6 is 0 Å². The van der Waals surface area contributed by atoms with Gasteiger partial charge < -0.3 is 10.6 Å². The monoisotopic (exact) mass is 226 g/mol. The molecule has 1 rings (SSSR count). The molecule has 1 heterocycles. The van der Waals surface area contributed by atoms with Crippen molar-refractivity contribution in [3.8, 4) is 0 Å². The zero-order valence-corrected chi connectivity index (χ0v) is 10.9. The molecule has 2 N–H and O–H groups in total. The van der Waals surface area contributed by atoms with E-state index in [0.717, 1.165) is 38.1 Å². The first kappa shape index (κ1) is 13.5. The molecule has 0 radical (unpaired) electrons. The Kier molecular flexibility index (Phi) is 5.81. The first-order valence-electron chi connectivity index (χ1n) is 6.63. The Labute approximate surface area is 99.4 Å². The van der Waals surface area contributed by atoms with Gasteiger partial charge in [-0.3, -0.25) is 4.79 Å². The van der Waals surface area contributed by atoms with Crippen LogP contribution < -0.4 is 10.6 Å². The molecule has 2 unspecified atom stereocenters. The van der Waals surface area contributed by atoms with Gasteiger partial charge in [0.2, 0.25) is 5.91 Å². The van der Waals surface area contributed by atoms with Crippen LogP contribution in [0.25, 0.3) is 0 Å². The first-order chi connectivity index (χ1) is 7.59. The zero-order valence-electron chi connectivity index (χ0n) is 10.9. The summed E-state index contributed by atoms with van der Waals surface area (Å²) in [5.74, 6) is 0.932. The molecule has 16 heavy (non-hydrogen) atoms. The Morgan fingerprint density at radius 1 is 1.31 bits per heavy atom. The van der Waals surface area contributed by atoms with E-state index in [1.165, 1.54) is 6.42 Å². The fraction of sp³-hybridized carbons (Fsp3) is 0.923. The van der Waals surface area contributed by atoms with Crippen molar-refractivity contribution in [1.29, 1.82) is 0 Å². The van der Waals surface area contributed by atoms with Crippen LogP contribution in [0.3, 0.4) is 0 Å². The fourth-order valence-electron chi connectivity index (χ4n) is 2.11. The summed E-state index contributed by atoms with van der Waals surface area (Å²) in [7, 11) is 0. The molecule has 0 aliphatic carbocycles. The maximum atomic E-state index is 11.7. The number of hydrogen-bond acceptors (Lipinski definition) is 2. The lowest BCUT2D eigenvalue weighted by molar-refractivity contribution is -0.123. The zero-order chi connectivity index (χ0) is 12.0. The molecule has 0 spiro atoms. The van der Waals surface area contributed by atoms with Crippen LogP contribution in [0.5, 0.6) is 0 Å². The highest BCUT2D eigenvalue weighted by Crippen LogP contribution is 2.10. The van der Waals surface area contributed by atoms with E-state index in [2.05, 4.69) is 31.4 Å². The summed E-state index contributed by atoms with van der Waals surface area (Å²) in [6.45, 7) is 7.51. The number of hydrogen-bond donors (Lipinski definition) is 2. The fourth-order valence-corrected chi connectivity index (χ4v) is 2.11. The number of nitrogens with one attached hydrogen (secondary N) is 2. The van der Waals surface area contributed by atoms with Crippen LogP contribution in [0.2, 0.25) is 0 Å². The van der Waals surface area contributed by atoms with E-state index in [1.54, 1.807) is 0 Å². The second-order valence-corrected chi connectivity index (χ2v) is 5.38. The van der Waals surface area contributed by atoms with Gasteiger partial charge in [0.15, 0.2) is 0 Å². The minimum Gasteiger partial charge on any atom is -0.355 e. The molecule has 1 fully saturated rings. The summed E-state index contributed by atoms with van der Waals surface area (Å²) in [5.41, 5.74) is 0. The van der Waals surface area contributed by atoms with Crippen molar-refractivity contribution in [2.24, 2.45) is 5.92 Å². The van der Waals surface area contributed by atoms with Crippen LogP contribution in [0.4, 0.5) is 0 Å². The predicted octanol–water partition coefficient (Wildman–Crippen LogP) is 2.07. The average Bonchev–Trinajstić information content (AvgIpc) is 2.42. The van der Waals surface area contributed by atoms with Crippen molar-refractivity contribution < 1.29 is 4.79 Å². The molecular weight excluding hydrogens is 200 g/mol.